The largest absolute Gasteiger partial charge is 0.338 e. The molecule has 2 heterocycles. The molecule has 1 aliphatic carbocycles. The average molecular weight is 373 g/mol. The maximum absolute atomic E-state index is 13.0. The van der Waals surface area contributed by atoms with Gasteiger partial charge in [0.2, 0.25) is 5.91 Å². The van der Waals surface area contributed by atoms with Crippen molar-refractivity contribution < 1.29 is 9.18 Å². The zero-order chi connectivity index (χ0) is 18.1. The van der Waals surface area contributed by atoms with Gasteiger partial charge in [-0.05, 0) is 62.1 Å². The highest BCUT2D eigenvalue weighted by atomic mass is 32.1. The predicted octanol–water partition coefficient (Wildman–Crippen LogP) is 4.01. The summed E-state index contributed by atoms with van der Waals surface area (Å²) in [6, 6.07) is 9.51. The molecule has 2 atom stereocenters. The van der Waals surface area contributed by atoms with Crippen LogP contribution >= 0.6 is 11.3 Å². The predicted molar refractivity (Wildman–Crippen MR) is 103 cm³/mol. The molecule has 1 aromatic carbocycles. The van der Waals surface area contributed by atoms with E-state index in [4.69, 9.17) is 0 Å². The van der Waals surface area contributed by atoms with E-state index in [0.29, 0.717) is 18.4 Å². The van der Waals surface area contributed by atoms with Crippen LogP contribution in [0.25, 0.3) is 0 Å². The Labute approximate surface area is 158 Å². The van der Waals surface area contributed by atoms with Crippen LogP contribution in [0.2, 0.25) is 0 Å². The van der Waals surface area contributed by atoms with Crippen molar-refractivity contribution in [3.63, 3.8) is 0 Å². The van der Waals surface area contributed by atoms with Crippen LogP contribution in [-0.4, -0.2) is 29.9 Å². The van der Waals surface area contributed by atoms with E-state index in [-0.39, 0.29) is 11.7 Å². The molecular weight excluding hydrogens is 347 g/mol. The van der Waals surface area contributed by atoms with Gasteiger partial charge in [0.15, 0.2) is 0 Å². The zero-order valence-electron chi connectivity index (χ0n) is 15.1. The minimum absolute atomic E-state index is 0.181. The van der Waals surface area contributed by atoms with Gasteiger partial charge in [-0.25, -0.2) is 4.39 Å². The Morgan fingerprint density at radius 3 is 2.96 bits per heavy atom. The highest BCUT2D eigenvalue weighted by Gasteiger charge is 2.37. The van der Waals surface area contributed by atoms with E-state index in [2.05, 4.69) is 18.3 Å². The number of benzene rings is 1. The molecule has 1 N–H and O–H groups in total. The Morgan fingerprint density at radius 2 is 2.15 bits per heavy atom. The minimum atomic E-state index is -0.181. The Morgan fingerprint density at radius 1 is 1.35 bits per heavy atom. The molecule has 0 saturated heterocycles. The van der Waals surface area contributed by atoms with Crippen LogP contribution < -0.4 is 5.32 Å². The fourth-order valence-corrected chi connectivity index (χ4v) is 4.92. The lowest BCUT2D eigenvalue weighted by atomic mass is 10.1. The topological polar surface area (TPSA) is 32.3 Å². The average Bonchev–Trinajstić information content (AvgIpc) is 3.30. The number of amides is 1. The van der Waals surface area contributed by atoms with Gasteiger partial charge in [-0.15, -0.1) is 11.3 Å². The lowest BCUT2D eigenvalue weighted by Gasteiger charge is -2.27. The smallest absolute Gasteiger partial charge is 0.222 e. The van der Waals surface area contributed by atoms with E-state index in [1.807, 2.05) is 28.4 Å². The number of hydrogen-bond acceptors (Lipinski definition) is 3. The molecule has 1 amide bonds. The maximum atomic E-state index is 13.0. The third kappa shape index (κ3) is 3.99. The van der Waals surface area contributed by atoms with Gasteiger partial charge in [0.1, 0.15) is 5.82 Å². The first-order valence-corrected chi connectivity index (χ1v) is 10.3. The van der Waals surface area contributed by atoms with Crippen molar-refractivity contribution in [3.8, 4) is 0 Å². The standard InChI is InChI=1S/C21H25FN2OS/c1-14-11-16-13-24(10-8-20(16)26-14)21(25)3-2-9-23-19-12-18(19)15-4-6-17(22)7-5-15/h4-7,11,18-19,23H,2-3,8-10,12-13H2,1H3. The second kappa shape index (κ2) is 7.49. The Balaban J connectivity index is 1.17. The number of thiophene rings is 1. The molecule has 0 bridgehead atoms. The summed E-state index contributed by atoms with van der Waals surface area (Å²) in [5, 5.41) is 3.53. The van der Waals surface area contributed by atoms with Gasteiger partial charge < -0.3 is 10.2 Å². The first kappa shape index (κ1) is 17.7. The van der Waals surface area contributed by atoms with E-state index in [9.17, 15) is 9.18 Å². The summed E-state index contributed by atoms with van der Waals surface area (Å²) >= 11 is 1.87. The first-order valence-electron chi connectivity index (χ1n) is 9.45. The van der Waals surface area contributed by atoms with Gasteiger partial charge in [-0.3, -0.25) is 4.79 Å². The van der Waals surface area contributed by atoms with Crippen LogP contribution in [0.15, 0.2) is 30.3 Å². The Kier molecular flexibility index (Phi) is 5.09. The number of rotatable bonds is 6. The Hall–Kier alpha value is -1.72. The summed E-state index contributed by atoms with van der Waals surface area (Å²) in [7, 11) is 0. The third-order valence-electron chi connectivity index (χ3n) is 5.41. The van der Waals surface area contributed by atoms with Crippen molar-refractivity contribution in [1.82, 2.24) is 10.2 Å². The molecule has 2 unspecified atom stereocenters. The summed E-state index contributed by atoms with van der Waals surface area (Å²) in [4.78, 5) is 17.3. The molecular formula is C21H25FN2OS. The number of halogens is 1. The number of carbonyl (C=O) groups excluding carboxylic acids is 1. The van der Waals surface area contributed by atoms with E-state index >= 15 is 0 Å². The second-order valence-electron chi connectivity index (χ2n) is 7.43. The van der Waals surface area contributed by atoms with E-state index in [1.165, 1.54) is 33.0 Å². The molecule has 1 aliphatic heterocycles. The molecule has 0 radical (unpaired) electrons. The van der Waals surface area contributed by atoms with Crippen LogP contribution in [0.3, 0.4) is 0 Å². The quantitative estimate of drug-likeness (QED) is 0.777. The van der Waals surface area contributed by atoms with E-state index in [1.54, 1.807) is 0 Å². The number of fused-ring (bicyclic) bond motifs is 1. The molecule has 1 saturated carbocycles. The molecule has 1 aromatic heterocycles. The molecule has 1 fully saturated rings. The van der Waals surface area contributed by atoms with E-state index < -0.39 is 0 Å². The van der Waals surface area contributed by atoms with Crippen molar-refractivity contribution in [3.05, 3.63) is 57.0 Å². The SMILES string of the molecule is Cc1cc2c(s1)CCN(C(=O)CCCNC1CC1c1ccc(F)cc1)C2. The second-order valence-corrected chi connectivity index (χ2v) is 8.77. The van der Waals surface area contributed by atoms with Gasteiger partial charge in [-0.2, -0.15) is 0 Å². The number of hydrogen-bond donors (Lipinski definition) is 1. The maximum Gasteiger partial charge on any atom is 0.222 e. The normalized spacial score (nSPS) is 21.5. The number of nitrogens with one attached hydrogen (secondary N) is 1. The van der Waals surface area contributed by atoms with Gasteiger partial charge in [-0.1, -0.05) is 12.1 Å². The summed E-state index contributed by atoms with van der Waals surface area (Å²) in [6.45, 7) is 4.64. The summed E-state index contributed by atoms with van der Waals surface area (Å²) in [6.07, 6.45) is 3.59. The fourth-order valence-electron chi connectivity index (χ4n) is 3.88. The van der Waals surface area contributed by atoms with Gasteiger partial charge >= 0.3 is 0 Å². The highest BCUT2D eigenvalue weighted by Crippen LogP contribution is 2.40. The molecule has 0 spiro atoms. The molecule has 138 valence electrons. The van der Waals surface area contributed by atoms with Crippen LogP contribution in [0.1, 0.15) is 46.1 Å². The van der Waals surface area contributed by atoms with Crippen LogP contribution in [0.4, 0.5) is 4.39 Å². The van der Waals surface area contributed by atoms with Crippen molar-refractivity contribution in [2.75, 3.05) is 13.1 Å². The number of nitrogens with zero attached hydrogens (tertiary/aromatic N) is 1. The monoisotopic (exact) mass is 372 g/mol. The Bertz CT molecular complexity index is 786. The molecule has 5 heteroatoms. The third-order valence-corrected chi connectivity index (χ3v) is 6.56. The summed E-state index contributed by atoms with van der Waals surface area (Å²) in [5.41, 5.74) is 2.54. The van der Waals surface area contributed by atoms with Crippen LogP contribution in [0, 0.1) is 12.7 Å². The van der Waals surface area contributed by atoms with Crippen LogP contribution in [-0.2, 0) is 17.8 Å². The minimum Gasteiger partial charge on any atom is -0.338 e. The zero-order valence-corrected chi connectivity index (χ0v) is 15.9. The molecule has 2 aromatic rings. The summed E-state index contributed by atoms with van der Waals surface area (Å²) in [5.74, 6) is 0.584. The van der Waals surface area contributed by atoms with E-state index in [0.717, 1.165) is 38.9 Å². The highest BCUT2D eigenvalue weighted by molar-refractivity contribution is 7.12. The molecule has 2 aliphatic rings. The summed E-state index contributed by atoms with van der Waals surface area (Å²) < 4.78 is 13.0. The first-order chi connectivity index (χ1) is 12.6. The lowest BCUT2D eigenvalue weighted by Crippen LogP contribution is -2.35. The fraction of sp³-hybridized carbons (Fsp3) is 0.476. The van der Waals surface area contributed by atoms with Crippen LogP contribution in [0.5, 0.6) is 0 Å². The lowest BCUT2D eigenvalue weighted by molar-refractivity contribution is -0.132. The van der Waals surface area contributed by atoms with Gasteiger partial charge in [0, 0.05) is 41.2 Å². The van der Waals surface area contributed by atoms with Crippen molar-refractivity contribution in [2.24, 2.45) is 0 Å². The van der Waals surface area contributed by atoms with Crippen molar-refractivity contribution in [1.29, 1.82) is 0 Å². The number of carbonyl (C=O) groups is 1. The van der Waals surface area contributed by atoms with Crippen molar-refractivity contribution in [2.45, 2.75) is 51.1 Å². The van der Waals surface area contributed by atoms with Gasteiger partial charge in [0.25, 0.3) is 0 Å². The van der Waals surface area contributed by atoms with Crippen molar-refractivity contribution >= 4 is 17.2 Å². The van der Waals surface area contributed by atoms with Gasteiger partial charge in [0.05, 0.1) is 0 Å². The molecule has 26 heavy (non-hydrogen) atoms. The molecule has 3 nitrogen and oxygen atoms in total. The molecule has 4 rings (SSSR count). The number of aryl methyl sites for hydroxylation is 1.